The van der Waals surface area contributed by atoms with Crippen LogP contribution in [0, 0.1) is 5.92 Å². The van der Waals surface area contributed by atoms with Crippen molar-refractivity contribution in [1.29, 1.82) is 0 Å². The van der Waals surface area contributed by atoms with Gasteiger partial charge in [-0.05, 0) is 54.4 Å². The maximum Gasteiger partial charge on any atom is 0.115 e. The highest BCUT2D eigenvalue weighted by Crippen LogP contribution is 2.23. The van der Waals surface area contributed by atoms with Crippen LogP contribution in [0.5, 0.6) is 11.5 Å². The van der Waals surface area contributed by atoms with Gasteiger partial charge in [-0.3, -0.25) is 0 Å². The Kier molecular flexibility index (Phi) is 4.81. The third kappa shape index (κ3) is 3.95. The third-order valence-corrected chi connectivity index (χ3v) is 3.52. The zero-order chi connectivity index (χ0) is 15.4. The number of hydrogen-bond donors (Lipinski definition) is 2. The van der Waals surface area contributed by atoms with Crippen molar-refractivity contribution in [1.82, 2.24) is 0 Å². The zero-order valence-corrected chi connectivity index (χ0v) is 13.0. The Balaban J connectivity index is 2.33. The van der Waals surface area contributed by atoms with Crippen LogP contribution in [0.3, 0.4) is 0 Å². The van der Waals surface area contributed by atoms with Crippen molar-refractivity contribution in [3.8, 4) is 11.5 Å². The number of thiocarbonyl (C=S) groups is 1. The van der Waals surface area contributed by atoms with Gasteiger partial charge in [-0.15, -0.1) is 0 Å². The Morgan fingerprint density at radius 1 is 0.952 bits per heavy atom. The van der Waals surface area contributed by atoms with Crippen molar-refractivity contribution < 1.29 is 10.2 Å². The quantitative estimate of drug-likeness (QED) is 0.840. The van der Waals surface area contributed by atoms with E-state index >= 15 is 0 Å². The molecule has 21 heavy (non-hydrogen) atoms. The molecule has 0 saturated heterocycles. The average Bonchev–Trinajstić information content (AvgIpc) is 2.46. The molecule has 0 spiro atoms. The Hall–Kier alpha value is -2.07. The maximum absolute atomic E-state index is 9.43. The second-order valence-corrected chi connectivity index (χ2v) is 5.76. The molecule has 110 valence electrons. The number of hydrogen-bond acceptors (Lipinski definition) is 3. The van der Waals surface area contributed by atoms with Crippen LogP contribution < -0.4 is 4.90 Å². The molecule has 0 aliphatic rings. The van der Waals surface area contributed by atoms with Gasteiger partial charge in [0.05, 0.1) is 0 Å². The molecule has 0 saturated carbocycles. The number of anilines is 1. The first-order valence-corrected chi connectivity index (χ1v) is 7.28. The summed E-state index contributed by atoms with van der Waals surface area (Å²) in [5.74, 6) is 0.897. The molecule has 2 N–H and O–H groups in total. The van der Waals surface area contributed by atoms with Crippen molar-refractivity contribution in [2.24, 2.45) is 5.92 Å². The predicted molar refractivity (Wildman–Crippen MR) is 90.1 cm³/mol. The minimum absolute atomic E-state index is 0.224. The van der Waals surface area contributed by atoms with Crippen molar-refractivity contribution in [3.05, 3.63) is 54.1 Å². The summed E-state index contributed by atoms with van der Waals surface area (Å²) in [5.41, 5.74) is 1.83. The van der Waals surface area contributed by atoms with Crippen LogP contribution in [0.2, 0.25) is 0 Å². The standard InChI is InChI=1S/C17H19NO2S/c1-12(2)11-18(14-5-9-16(20)10-6-14)17(21)13-3-7-15(19)8-4-13/h3-10,12,19-20H,11H2,1-2H3. The first-order valence-electron chi connectivity index (χ1n) is 6.87. The van der Waals surface area contributed by atoms with Gasteiger partial charge >= 0.3 is 0 Å². The molecular formula is C17H19NO2S. The van der Waals surface area contributed by atoms with Crippen LogP contribution >= 0.6 is 12.2 Å². The molecule has 0 atom stereocenters. The van der Waals surface area contributed by atoms with E-state index in [1.807, 2.05) is 29.2 Å². The smallest absolute Gasteiger partial charge is 0.115 e. The lowest BCUT2D eigenvalue weighted by Gasteiger charge is -2.27. The second kappa shape index (κ2) is 6.59. The number of rotatable bonds is 4. The molecule has 0 heterocycles. The van der Waals surface area contributed by atoms with Crippen molar-refractivity contribution in [3.63, 3.8) is 0 Å². The van der Waals surface area contributed by atoms with Gasteiger partial charge in [-0.25, -0.2) is 0 Å². The van der Waals surface area contributed by atoms with E-state index < -0.39 is 0 Å². The van der Waals surface area contributed by atoms with Gasteiger partial charge in [0, 0.05) is 17.8 Å². The van der Waals surface area contributed by atoms with Crippen LogP contribution in [0.1, 0.15) is 19.4 Å². The van der Waals surface area contributed by atoms with Crippen molar-refractivity contribution in [2.75, 3.05) is 11.4 Å². The first kappa shape index (κ1) is 15.3. The zero-order valence-electron chi connectivity index (χ0n) is 12.2. The van der Waals surface area contributed by atoms with E-state index in [-0.39, 0.29) is 11.5 Å². The summed E-state index contributed by atoms with van der Waals surface area (Å²) < 4.78 is 0. The Labute approximate surface area is 130 Å². The highest BCUT2D eigenvalue weighted by molar-refractivity contribution is 7.81. The molecule has 3 nitrogen and oxygen atoms in total. The van der Waals surface area contributed by atoms with Gasteiger partial charge < -0.3 is 15.1 Å². The van der Waals surface area contributed by atoms with E-state index in [1.165, 1.54) is 0 Å². The summed E-state index contributed by atoms with van der Waals surface area (Å²) in [6.07, 6.45) is 0. The second-order valence-electron chi connectivity index (χ2n) is 5.37. The fourth-order valence-corrected chi connectivity index (χ4v) is 2.38. The number of aromatic hydroxyl groups is 2. The summed E-state index contributed by atoms with van der Waals surface area (Å²) in [4.78, 5) is 2.75. The molecular weight excluding hydrogens is 282 g/mol. The molecule has 0 aromatic heterocycles. The molecule has 4 heteroatoms. The van der Waals surface area contributed by atoms with Crippen molar-refractivity contribution in [2.45, 2.75) is 13.8 Å². The fourth-order valence-electron chi connectivity index (χ4n) is 2.06. The molecule has 0 radical (unpaired) electrons. The summed E-state index contributed by atoms with van der Waals surface area (Å²) in [6.45, 7) is 5.05. The maximum atomic E-state index is 9.43. The number of benzene rings is 2. The fraction of sp³-hybridized carbons (Fsp3) is 0.235. The summed E-state index contributed by atoms with van der Waals surface area (Å²) in [5, 5.41) is 18.8. The van der Waals surface area contributed by atoms with Gasteiger partial charge in [0.1, 0.15) is 16.5 Å². The molecule has 0 amide bonds. The molecule has 0 bridgehead atoms. The highest BCUT2D eigenvalue weighted by atomic mass is 32.1. The van der Waals surface area contributed by atoms with E-state index in [2.05, 4.69) is 13.8 Å². The van der Waals surface area contributed by atoms with E-state index in [0.717, 1.165) is 17.8 Å². The van der Waals surface area contributed by atoms with E-state index in [9.17, 15) is 10.2 Å². The lowest BCUT2D eigenvalue weighted by Crippen LogP contribution is -2.33. The molecule has 0 aliphatic carbocycles. The monoisotopic (exact) mass is 301 g/mol. The lowest BCUT2D eigenvalue weighted by atomic mass is 10.1. The number of phenols is 2. The number of nitrogens with zero attached hydrogens (tertiary/aromatic N) is 1. The summed E-state index contributed by atoms with van der Waals surface area (Å²) in [7, 11) is 0. The van der Waals surface area contributed by atoms with Gasteiger partial charge in [0.15, 0.2) is 0 Å². The summed E-state index contributed by atoms with van der Waals surface area (Å²) >= 11 is 5.60. The highest BCUT2D eigenvalue weighted by Gasteiger charge is 2.15. The van der Waals surface area contributed by atoms with E-state index in [1.54, 1.807) is 24.3 Å². The van der Waals surface area contributed by atoms with Gasteiger partial charge in [-0.1, -0.05) is 26.1 Å². The molecule has 2 aromatic carbocycles. The normalized spacial score (nSPS) is 10.6. The average molecular weight is 301 g/mol. The third-order valence-electron chi connectivity index (χ3n) is 3.07. The van der Waals surface area contributed by atoms with E-state index in [0.29, 0.717) is 10.9 Å². The molecule has 0 fully saturated rings. The lowest BCUT2D eigenvalue weighted by molar-refractivity contribution is 0.474. The van der Waals surface area contributed by atoms with E-state index in [4.69, 9.17) is 12.2 Å². The van der Waals surface area contributed by atoms with Crippen LogP contribution in [0.4, 0.5) is 5.69 Å². The Morgan fingerprint density at radius 2 is 1.43 bits per heavy atom. The van der Waals surface area contributed by atoms with Crippen LogP contribution in [0.15, 0.2) is 48.5 Å². The predicted octanol–water partition coefficient (Wildman–Crippen LogP) is 3.94. The number of phenolic OH excluding ortho intramolecular Hbond substituents is 2. The minimum Gasteiger partial charge on any atom is -0.508 e. The Morgan fingerprint density at radius 3 is 1.90 bits per heavy atom. The molecule has 2 aromatic rings. The largest absolute Gasteiger partial charge is 0.508 e. The molecule has 2 rings (SSSR count). The van der Waals surface area contributed by atoms with Gasteiger partial charge in [0.25, 0.3) is 0 Å². The Bertz CT molecular complexity index is 606. The molecule has 0 unspecified atom stereocenters. The first-order chi connectivity index (χ1) is 9.97. The SMILES string of the molecule is CC(C)CN(C(=S)c1ccc(O)cc1)c1ccc(O)cc1. The topological polar surface area (TPSA) is 43.7 Å². The summed E-state index contributed by atoms with van der Waals surface area (Å²) in [6, 6.07) is 13.9. The molecule has 0 aliphatic heterocycles. The van der Waals surface area contributed by atoms with Crippen LogP contribution in [-0.2, 0) is 0 Å². The van der Waals surface area contributed by atoms with Crippen LogP contribution in [0.25, 0.3) is 0 Å². The van der Waals surface area contributed by atoms with Gasteiger partial charge in [0.2, 0.25) is 0 Å². The minimum atomic E-state index is 0.224. The van der Waals surface area contributed by atoms with Gasteiger partial charge in [-0.2, -0.15) is 0 Å². The van der Waals surface area contributed by atoms with Crippen LogP contribution in [-0.4, -0.2) is 21.7 Å². The van der Waals surface area contributed by atoms with Crippen molar-refractivity contribution >= 4 is 22.9 Å².